The molecular formula is C26H26N2O2. The molecule has 2 aromatic carbocycles. The Balaban J connectivity index is 1.55. The van der Waals surface area contributed by atoms with E-state index in [9.17, 15) is 4.79 Å². The lowest BCUT2D eigenvalue weighted by molar-refractivity contribution is -0.130. The predicted molar refractivity (Wildman–Crippen MR) is 119 cm³/mol. The largest absolute Gasteiger partial charge is 0.488 e. The lowest BCUT2D eigenvalue weighted by Crippen LogP contribution is -2.40. The number of hydrogen-bond acceptors (Lipinski definition) is 3. The van der Waals surface area contributed by atoms with E-state index in [0.29, 0.717) is 18.7 Å². The van der Waals surface area contributed by atoms with E-state index in [1.807, 2.05) is 59.5 Å². The number of nitrogens with zero attached hydrogens (tertiary/aromatic N) is 2. The van der Waals surface area contributed by atoms with Crippen molar-refractivity contribution >= 4 is 12.0 Å². The molecule has 0 unspecified atom stereocenters. The lowest BCUT2D eigenvalue weighted by atomic mass is 10.0. The van der Waals surface area contributed by atoms with Gasteiger partial charge in [-0.25, -0.2) is 0 Å². The maximum atomic E-state index is 13.5. The average molecular weight is 399 g/mol. The van der Waals surface area contributed by atoms with Gasteiger partial charge in [-0.05, 0) is 49.6 Å². The fourth-order valence-electron chi connectivity index (χ4n) is 3.69. The van der Waals surface area contributed by atoms with Gasteiger partial charge in [0.1, 0.15) is 12.4 Å². The van der Waals surface area contributed by atoms with Gasteiger partial charge in [-0.3, -0.25) is 9.78 Å². The Hall–Kier alpha value is -3.40. The molecule has 1 amide bonds. The fourth-order valence-corrected chi connectivity index (χ4v) is 3.69. The number of fused-ring (bicyclic) bond motifs is 1. The molecule has 152 valence electrons. The van der Waals surface area contributed by atoms with Crippen LogP contribution in [0, 0.1) is 0 Å². The number of hydrogen-bond donors (Lipinski definition) is 0. The van der Waals surface area contributed by atoms with Crippen LogP contribution in [-0.2, 0) is 17.8 Å². The molecule has 4 nitrogen and oxygen atoms in total. The highest BCUT2D eigenvalue weighted by atomic mass is 16.5. The maximum Gasteiger partial charge on any atom is 0.253 e. The third-order valence-corrected chi connectivity index (χ3v) is 5.45. The molecule has 1 atom stereocenters. The molecule has 2 heterocycles. The number of rotatable bonds is 7. The van der Waals surface area contributed by atoms with Gasteiger partial charge in [0, 0.05) is 17.8 Å². The van der Waals surface area contributed by atoms with Crippen molar-refractivity contribution in [2.45, 2.75) is 32.4 Å². The summed E-state index contributed by atoms with van der Waals surface area (Å²) in [5.41, 5.74) is 3.79. The van der Waals surface area contributed by atoms with Crippen molar-refractivity contribution in [3.8, 4) is 5.75 Å². The number of amides is 1. The topological polar surface area (TPSA) is 42.4 Å². The highest BCUT2D eigenvalue weighted by molar-refractivity contribution is 5.99. The summed E-state index contributed by atoms with van der Waals surface area (Å²) in [7, 11) is 0. The Morgan fingerprint density at radius 3 is 2.60 bits per heavy atom. The molecule has 30 heavy (non-hydrogen) atoms. The monoisotopic (exact) mass is 398 g/mol. The molecule has 4 rings (SSSR count). The van der Waals surface area contributed by atoms with E-state index in [1.165, 1.54) is 5.56 Å². The maximum absolute atomic E-state index is 13.5. The van der Waals surface area contributed by atoms with Gasteiger partial charge in [0.15, 0.2) is 0 Å². The summed E-state index contributed by atoms with van der Waals surface area (Å²) in [5, 5.41) is 0. The van der Waals surface area contributed by atoms with Gasteiger partial charge in [0.25, 0.3) is 5.91 Å². The number of ether oxygens (including phenoxy) is 1. The average Bonchev–Trinajstić information content (AvgIpc) is 2.81. The van der Waals surface area contributed by atoms with Crippen LogP contribution < -0.4 is 4.74 Å². The van der Waals surface area contributed by atoms with Gasteiger partial charge >= 0.3 is 0 Å². The summed E-state index contributed by atoms with van der Waals surface area (Å²) in [6.07, 6.45) is 5.53. The SMILES string of the molecule is C[C@@H](CCc1ccccc1)N(Cc1ccccn1)C(=O)C1=Cc2ccccc2OC1. The molecule has 3 aromatic rings. The third kappa shape index (κ3) is 4.77. The Morgan fingerprint density at radius 2 is 1.80 bits per heavy atom. The lowest BCUT2D eigenvalue weighted by Gasteiger charge is -2.31. The molecule has 1 aliphatic heterocycles. The van der Waals surface area contributed by atoms with Crippen molar-refractivity contribution in [3.05, 3.63) is 101 Å². The van der Waals surface area contributed by atoms with Gasteiger partial charge in [-0.15, -0.1) is 0 Å². The molecular weight excluding hydrogens is 372 g/mol. The zero-order chi connectivity index (χ0) is 20.8. The quantitative estimate of drug-likeness (QED) is 0.568. The Bertz CT molecular complexity index is 1020. The minimum absolute atomic E-state index is 0.00992. The van der Waals surface area contributed by atoms with Crippen molar-refractivity contribution in [1.29, 1.82) is 0 Å². The van der Waals surface area contributed by atoms with Crippen molar-refractivity contribution in [1.82, 2.24) is 9.88 Å². The second kappa shape index (κ2) is 9.40. The number of aromatic nitrogens is 1. The van der Waals surface area contributed by atoms with Gasteiger partial charge in [-0.1, -0.05) is 54.6 Å². The van der Waals surface area contributed by atoms with Gasteiger partial charge in [0.2, 0.25) is 0 Å². The molecule has 4 heteroatoms. The Morgan fingerprint density at radius 1 is 1.03 bits per heavy atom. The number of carbonyl (C=O) groups is 1. The van der Waals surface area contributed by atoms with Crippen LogP contribution in [0.25, 0.3) is 6.08 Å². The first kappa shape index (κ1) is 19.9. The second-order valence-electron chi connectivity index (χ2n) is 7.62. The van der Waals surface area contributed by atoms with E-state index in [1.54, 1.807) is 6.20 Å². The van der Waals surface area contributed by atoms with Gasteiger partial charge in [-0.2, -0.15) is 0 Å². The summed E-state index contributed by atoms with van der Waals surface area (Å²) in [6.45, 7) is 2.89. The molecule has 0 bridgehead atoms. The molecule has 0 N–H and O–H groups in total. The zero-order valence-electron chi connectivity index (χ0n) is 17.2. The standard InChI is InChI=1S/C26H26N2O2/c1-20(14-15-21-9-3-2-4-10-21)28(18-24-12-7-8-16-27-24)26(29)23-17-22-11-5-6-13-25(22)30-19-23/h2-13,16-17,20H,14-15,18-19H2,1H3/t20-/m0/s1. The normalized spacial score (nSPS) is 13.6. The second-order valence-corrected chi connectivity index (χ2v) is 7.62. The van der Waals surface area contributed by atoms with Crippen molar-refractivity contribution in [2.24, 2.45) is 0 Å². The molecule has 0 saturated carbocycles. The third-order valence-electron chi connectivity index (χ3n) is 5.45. The van der Waals surface area contributed by atoms with Crippen LogP contribution in [0.15, 0.2) is 84.6 Å². The van der Waals surface area contributed by atoms with Crippen LogP contribution in [0.2, 0.25) is 0 Å². The van der Waals surface area contributed by atoms with Crippen molar-refractivity contribution in [3.63, 3.8) is 0 Å². The minimum Gasteiger partial charge on any atom is -0.488 e. The van der Waals surface area contributed by atoms with E-state index < -0.39 is 0 Å². The number of aryl methyl sites for hydroxylation is 1. The van der Waals surface area contributed by atoms with Crippen LogP contribution in [0.4, 0.5) is 0 Å². The highest BCUT2D eigenvalue weighted by Crippen LogP contribution is 2.27. The van der Waals surface area contributed by atoms with Gasteiger partial charge < -0.3 is 9.64 Å². The molecule has 0 aliphatic carbocycles. The minimum atomic E-state index is 0.00992. The molecule has 1 aliphatic rings. The number of para-hydroxylation sites is 1. The van der Waals surface area contributed by atoms with Gasteiger partial charge in [0.05, 0.1) is 17.8 Å². The molecule has 0 saturated heterocycles. The van der Waals surface area contributed by atoms with E-state index >= 15 is 0 Å². The van der Waals surface area contributed by atoms with Crippen LogP contribution in [0.3, 0.4) is 0 Å². The first-order chi connectivity index (χ1) is 14.7. The van der Waals surface area contributed by atoms with E-state index in [4.69, 9.17) is 4.74 Å². The smallest absolute Gasteiger partial charge is 0.253 e. The summed E-state index contributed by atoms with van der Waals surface area (Å²) < 4.78 is 5.84. The highest BCUT2D eigenvalue weighted by Gasteiger charge is 2.26. The molecule has 0 radical (unpaired) electrons. The van der Waals surface area contributed by atoms with Crippen molar-refractivity contribution < 1.29 is 9.53 Å². The Kier molecular flexibility index (Phi) is 6.23. The van der Waals surface area contributed by atoms with E-state index in [0.717, 1.165) is 29.8 Å². The van der Waals surface area contributed by atoms with E-state index in [2.05, 4.69) is 36.2 Å². The summed E-state index contributed by atoms with van der Waals surface area (Å²) in [4.78, 5) is 19.9. The number of carbonyl (C=O) groups excluding carboxylic acids is 1. The number of pyridine rings is 1. The summed E-state index contributed by atoms with van der Waals surface area (Å²) >= 11 is 0. The van der Waals surface area contributed by atoms with Crippen molar-refractivity contribution in [2.75, 3.05) is 6.61 Å². The molecule has 0 spiro atoms. The van der Waals surface area contributed by atoms with Crippen LogP contribution in [-0.4, -0.2) is 28.4 Å². The molecule has 0 fully saturated rings. The molecule has 1 aromatic heterocycles. The number of benzene rings is 2. The predicted octanol–water partition coefficient (Wildman–Crippen LogP) is 4.91. The first-order valence-corrected chi connectivity index (χ1v) is 10.4. The zero-order valence-corrected chi connectivity index (χ0v) is 17.2. The van der Waals surface area contributed by atoms with E-state index in [-0.39, 0.29) is 11.9 Å². The Labute approximate surface area is 177 Å². The summed E-state index contributed by atoms with van der Waals surface area (Å²) in [5.74, 6) is 0.832. The fraction of sp³-hybridized carbons (Fsp3) is 0.231. The summed E-state index contributed by atoms with van der Waals surface area (Å²) in [6, 6.07) is 24.1. The van der Waals surface area contributed by atoms with Crippen LogP contribution in [0.5, 0.6) is 5.75 Å². The van der Waals surface area contributed by atoms with Crippen LogP contribution in [0.1, 0.15) is 30.2 Å². The first-order valence-electron chi connectivity index (χ1n) is 10.4. The van der Waals surface area contributed by atoms with Crippen LogP contribution >= 0.6 is 0 Å².